The zero-order valence-electron chi connectivity index (χ0n) is 8.86. The van der Waals surface area contributed by atoms with E-state index in [1.54, 1.807) is 0 Å². The van der Waals surface area contributed by atoms with Crippen molar-refractivity contribution in [2.24, 2.45) is 0 Å². The van der Waals surface area contributed by atoms with E-state index >= 15 is 0 Å². The summed E-state index contributed by atoms with van der Waals surface area (Å²) in [7, 11) is 0. The summed E-state index contributed by atoms with van der Waals surface area (Å²) in [6.45, 7) is 0. The van der Waals surface area contributed by atoms with Gasteiger partial charge < -0.3 is 4.74 Å². The van der Waals surface area contributed by atoms with Crippen LogP contribution in [0, 0.1) is 0 Å². The van der Waals surface area contributed by atoms with Gasteiger partial charge in [0.05, 0.1) is 6.42 Å². The van der Waals surface area contributed by atoms with E-state index in [1.165, 1.54) is 5.56 Å². The van der Waals surface area contributed by atoms with E-state index in [9.17, 15) is 9.59 Å². The van der Waals surface area contributed by atoms with Gasteiger partial charge in [-0.2, -0.15) is 0 Å². The number of cyclic esters (lactones) is 2. The number of carbonyl (C=O) groups is 2. The lowest BCUT2D eigenvalue weighted by atomic mass is 9.69. The third kappa shape index (κ3) is 1.14. The molecule has 3 heteroatoms. The zero-order valence-corrected chi connectivity index (χ0v) is 8.86. The first-order valence-electron chi connectivity index (χ1n) is 5.56. The van der Waals surface area contributed by atoms with E-state index in [0.29, 0.717) is 0 Å². The molecular formula is C13H12O3. The molecule has 1 aliphatic carbocycles. The Kier molecular flexibility index (Phi) is 1.90. The maximum Gasteiger partial charge on any atom is 0.324 e. The molecule has 82 valence electrons. The summed E-state index contributed by atoms with van der Waals surface area (Å²) >= 11 is 0. The fraction of sp³-hybridized carbons (Fsp3) is 0.385. The second kappa shape index (κ2) is 3.17. The number of ether oxygens (including phenoxy) is 1. The number of carbonyl (C=O) groups excluding carboxylic acids is 2. The van der Waals surface area contributed by atoms with Gasteiger partial charge >= 0.3 is 11.9 Å². The van der Waals surface area contributed by atoms with Crippen LogP contribution in [-0.2, 0) is 26.2 Å². The Labute approximate surface area is 93.4 Å². The lowest BCUT2D eigenvalue weighted by Crippen LogP contribution is -2.35. The lowest BCUT2D eigenvalue weighted by molar-refractivity contribution is -0.153. The summed E-state index contributed by atoms with van der Waals surface area (Å²) in [6, 6.07) is 7.88. The van der Waals surface area contributed by atoms with Crippen LogP contribution in [0.2, 0.25) is 0 Å². The van der Waals surface area contributed by atoms with E-state index in [0.717, 1.165) is 24.8 Å². The highest BCUT2D eigenvalue weighted by atomic mass is 16.6. The summed E-state index contributed by atoms with van der Waals surface area (Å²) in [5.41, 5.74) is 1.50. The highest BCUT2D eigenvalue weighted by Crippen LogP contribution is 2.44. The number of benzene rings is 1. The number of fused-ring (bicyclic) bond motifs is 2. The van der Waals surface area contributed by atoms with E-state index in [4.69, 9.17) is 4.74 Å². The highest BCUT2D eigenvalue weighted by molar-refractivity contribution is 6.01. The van der Waals surface area contributed by atoms with Gasteiger partial charge in [0.25, 0.3) is 0 Å². The summed E-state index contributed by atoms with van der Waals surface area (Å²) < 4.78 is 4.73. The second-order valence-corrected chi connectivity index (χ2v) is 4.53. The standard InChI is InChI=1S/C13H12O3/c14-11-8-13(12(15)16-11)7-3-5-9-4-1-2-6-10(9)13/h1-2,4,6H,3,5,7-8H2/t13-/m0/s1. The smallest absolute Gasteiger partial charge is 0.324 e. The Morgan fingerprint density at radius 1 is 1.19 bits per heavy atom. The molecule has 1 aromatic carbocycles. The van der Waals surface area contributed by atoms with Gasteiger partial charge in [0, 0.05) is 0 Å². The van der Waals surface area contributed by atoms with Gasteiger partial charge in [0.1, 0.15) is 5.41 Å². The van der Waals surface area contributed by atoms with E-state index in [2.05, 4.69) is 0 Å². The predicted molar refractivity (Wildman–Crippen MR) is 56.8 cm³/mol. The molecule has 0 N–H and O–H groups in total. The number of hydrogen-bond acceptors (Lipinski definition) is 3. The monoisotopic (exact) mass is 216 g/mol. The first-order valence-corrected chi connectivity index (χ1v) is 5.56. The third-order valence-electron chi connectivity index (χ3n) is 3.63. The highest BCUT2D eigenvalue weighted by Gasteiger charge is 2.52. The fourth-order valence-electron chi connectivity index (χ4n) is 2.87. The normalized spacial score (nSPS) is 28.0. The van der Waals surface area contributed by atoms with Crippen molar-refractivity contribution in [1.82, 2.24) is 0 Å². The Bertz CT molecular complexity index is 478. The van der Waals surface area contributed by atoms with Crippen molar-refractivity contribution in [3.05, 3.63) is 35.4 Å². The van der Waals surface area contributed by atoms with Crippen LogP contribution < -0.4 is 0 Å². The molecule has 1 saturated heterocycles. The van der Waals surface area contributed by atoms with E-state index < -0.39 is 5.41 Å². The van der Waals surface area contributed by atoms with Gasteiger partial charge in [-0.1, -0.05) is 24.3 Å². The Balaban J connectivity index is 2.17. The number of aryl methyl sites for hydroxylation is 1. The lowest BCUT2D eigenvalue weighted by Gasteiger charge is -2.31. The minimum absolute atomic E-state index is 0.211. The summed E-state index contributed by atoms with van der Waals surface area (Å²) in [5.74, 6) is -0.744. The molecule has 0 aromatic heterocycles. The largest absolute Gasteiger partial charge is 0.392 e. The van der Waals surface area contributed by atoms with Crippen molar-refractivity contribution in [2.45, 2.75) is 31.1 Å². The number of rotatable bonds is 0. The molecule has 0 radical (unpaired) electrons. The molecule has 16 heavy (non-hydrogen) atoms. The first kappa shape index (κ1) is 9.58. The first-order chi connectivity index (χ1) is 7.72. The molecule has 1 heterocycles. The molecule has 1 aliphatic heterocycles. The molecule has 0 bridgehead atoms. The molecule has 1 aromatic rings. The predicted octanol–water partition coefficient (Wildman–Crippen LogP) is 1.73. The molecular weight excluding hydrogens is 204 g/mol. The average Bonchev–Trinajstić information content (AvgIpc) is 2.55. The third-order valence-corrected chi connectivity index (χ3v) is 3.63. The van der Waals surface area contributed by atoms with Crippen LogP contribution in [0.1, 0.15) is 30.4 Å². The van der Waals surface area contributed by atoms with Gasteiger partial charge in [-0.25, -0.2) is 0 Å². The Hall–Kier alpha value is -1.64. The molecule has 1 spiro atoms. The minimum Gasteiger partial charge on any atom is -0.392 e. The zero-order chi connectivity index (χ0) is 11.2. The van der Waals surface area contributed by atoms with Gasteiger partial charge in [-0.3, -0.25) is 9.59 Å². The second-order valence-electron chi connectivity index (χ2n) is 4.53. The summed E-state index contributed by atoms with van der Waals surface area (Å²) in [6.07, 6.45) is 2.87. The maximum absolute atomic E-state index is 11.9. The van der Waals surface area contributed by atoms with Crippen LogP contribution in [0.4, 0.5) is 0 Å². The van der Waals surface area contributed by atoms with Crippen molar-refractivity contribution in [2.75, 3.05) is 0 Å². The van der Waals surface area contributed by atoms with Gasteiger partial charge in [-0.15, -0.1) is 0 Å². The minimum atomic E-state index is -0.675. The molecule has 3 rings (SSSR count). The SMILES string of the molecule is O=C1C[C@]2(CCCc3ccccc32)C(=O)O1. The molecule has 0 amide bonds. The van der Waals surface area contributed by atoms with Crippen LogP contribution in [-0.4, -0.2) is 11.9 Å². The van der Waals surface area contributed by atoms with Crippen LogP contribution in [0.3, 0.4) is 0 Å². The van der Waals surface area contributed by atoms with Gasteiger partial charge in [-0.05, 0) is 30.4 Å². The van der Waals surface area contributed by atoms with Gasteiger partial charge in [0.2, 0.25) is 0 Å². The molecule has 2 aliphatic rings. The van der Waals surface area contributed by atoms with Gasteiger partial charge in [0.15, 0.2) is 0 Å². The van der Waals surface area contributed by atoms with Crippen LogP contribution in [0.5, 0.6) is 0 Å². The van der Waals surface area contributed by atoms with Crippen molar-refractivity contribution in [1.29, 1.82) is 0 Å². The van der Waals surface area contributed by atoms with Crippen LogP contribution in [0.25, 0.3) is 0 Å². The van der Waals surface area contributed by atoms with Crippen molar-refractivity contribution < 1.29 is 14.3 Å². The van der Waals surface area contributed by atoms with Crippen LogP contribution in [0.15, 0.2) is 24.3 Å². The summed E-state index contributed by atoms with van der Waals surface area (Å²) in [4.78, 5) is 23.2. The molecule has 0 unspecified atom stereocenters. The Morgan fingerprint density at radius 3 is 2.75 bits per heavy atom. The van der Waals surface area contributed by atoms with E-state index in [1.807, 2.05) is 24.3 Å². The number of esters is 2. The molecule has 1 atom stereocenters. The average molecular weight is 216 g/mol. The topological polar surface area (TPSA) is 43.4 Å². The van der Waals surface area contributed by atoms with Crippen molar-refractivity contribution in [3.63, 3.8) is 0 Å². The van der Waals surface area contributed by atoms with Crippen molar-refractivity contribution >= 4 is 11.9 Å². The molecule has 3 nitrogen and oxygen atoms in total. The summed E-state index contributed by atoms with van der Waals surface area (Å²) in [5, 5.41) is 0. The number of hydrogen-bond donors (Lipinski definition) is 0. The van der Waals surface area contributed by atoms with Crippen molar-refractivity contribution in [3.8, 4) is 0 Å². The van der Waals surface area contributed by atoms with Crippen LogP contribution >= 0.6 is 0 Å². The van der Waals surface area contributed by atoms with E-state index in [-0.39, 0.29) is 18.4 Å². The quantitative estimate of drug-likeness (QED) is 0.490. The Morgan fingerprint density at radius 2 is 2.00 bits per heavy atom. The fourth-order valence-corrected chi connectivity index (χ4v) is 2.87. The molecule has 0 saturated carbocycles. The maximum atomic E-state index is 11.9. The molecule has 1 fully saturated rings.